The van der Waals surface area contributed by atoms with Crippen molar-refractivity contribution in [3.05, 3.63) is 59.2 Å². The molecule has 5 heteroatoms. The molecule has 0 unspecified atom stereocenters. The maximum atomic E-state index is 12.9. The van der Waals surface area contributed by atoms with Crippen LogP contribution in [-0.2, 0) is 12.6 Å². The average molecular weight is 491 g/mol. The third-order valence-electron chi connectivity index (χ3n) is 6.71. The number of carboxylic acid groups (broad SMARTS) is 1. The summed E-state index contributed by atoms with van der Waals surface area (Å²) in [5.74, 6) is -1.00. The quantitative estimate of drug-likeness (QED) is 0.224. The fraction of sp³-hybridized carbons (Fsp3) is 0.567. The van der Waals surface area contributed by atoms with Crippen LogP contribution in [0.4, 0.5) is 13.2 Å². The highest BCUT2D eigenvalue weighted by Crippen LogP contribution is 2.33. The van der Waals surface area contributed by atoms with Crippen LogP contribution in [0.2, 0.25) is 0 Å². The lowest BCUT2D eigenvalue weighted by molar-refractivity contribution is -0.137. The van der Waals surface area contributed by atoms with Crippen molar-refractivity contribution in [2.45, 2.75) is 109 Å². The minimum atomic E-state index is -4.39. The number of halogens is 3. The Hall–Kier alpha value is -2.30. The molecule has 0 atom stereocenters. The van der Waals surface area contributed by atoms with Gasteiger partial charge in [-0.1, -0.05) is 115 Å². The van der Waals surface area contributed by atoms with E-state index in [0.717, 1.165) is 31.4 Å². The molecule has 0 radical (unpaired) electrons. The van der Waals surface area contributed by atoms with E-state index in [1.165, 1.54) is 82.8 Å². The van der Waals surface area contributed by atoms with Gasteiger partial charge in [-0.2, -0.15) is 13.2 Å². The topological polar surface area (TPSA) is 37.3 Å². The van der Waals surface area contributed by atoms with Crippen molar-refractivity contribution < 1.29 is 23.1 Å². The molecule has 0 aromatic heterocycles. The fourth-order valence-corrected chi connectivity index (χ4v) is 4.66. The number of unbranched alkanes of at least 4 members (excludes halogenated alkanes) is 13. The predicted octanol–water partition coefficient (Wildman–Crippen LogP) is 10.1. The lowest BCUT2D eigenvalue weighted by Crippen LogP contribution is -2.06. The normalized spacial score (nSPS) is 11.7. The summed E-state index contributed by atoms with van der Waals surface area (Å²) in [7, 11) is 0. The summed E-state index contributed by atoms with van der Waals surface area (Å²) in [5.41, 5.74) is 1.55. The smallest absolute Gasteiger partial charge is 0.416 e. The summed E-state index contributed by atoms with van der Waals surface area (Å²) in [6.07, 6.45) is 13.8. The number of rotatable bonds is 17. The highest BCUT2D eigenvalue weighted by Gasteiger charge is 2.30. The Morgan fingerprint density at radius 2 is 1.20 bits per heavy atom. The van der Waals surface area contributed by atoms with E-state index >= 15 is 0 Å². The van der Waals surface area contributed by atoms with Gasteiger partial charge in [-0.15, -0.1) is 0 Å². The van der Waals surface area contributed by atoms with Crippen molar-refractivity contribution in [3.8, 4) is 11.1 Å². The van der Waals surface area contributed by atoms with Gasteiger partial charge < -0.3 is 5.11 Å². The van der Waals surface area contributed by atoms with Gasteiger partial charge in [-0.05, 0) is 47.7 Å². The van der Waals surface area contributed by atoms with E-state index in [1.54, 1.807) is 18.2 Å². The number of hydrogen-bond acceptors (Lipinski definition) is 1. The van der Waals surface area contributed by atoms with Crippen LogP contribution in [0.15, 0.2) is 42.5 Å². The largest absolute Gasteiger partial charge is 0.478 e. The highest BCUT2D eigenvalue weighted by atomic mass is 19.4. The average Bonchev–Trinajstić information content (AvgIpc) is 2.83. The van der Waals surface area contributed by atoms with E-state index < -0.39 is 17.7 Å². The van der Waals surface area contributed by atoms with Gasteiger partial charge in [0.2, 0.25) is 0 Å². The predicted molar refractivity (Wildman–Crippen MR) is 138 cm³/mol. The third kappa shape index (κ3) is 10.5. The summed E-state index contributed by atoms with van der Waals surface area (Å²) in [4.78, 5) is 11.8. The van der Waals surface area contributed by atoms with Gasteiger partial charge in [-0.3, -0.25) is 0 Å². The SMILES string of the molecule is CCCCCCCCCCCCCCCCc1c(C(=O)O)cccc1-c1ccc(C(F)(F)F)cc1. The van der Waals surface area contributed by atoms with Crippen molar-refractivity contribution in [2.75, 3.05) is 0 Å². The van der Waals surface area contributed by atoms with Gasteiger partial charge in [0.1, 0.15) is 0 Å². The zero-order valence-electron chi connectivity index (χ0n) is 21.1. The van der Waals surface area contributed by atoms with E-state index in [2.05, 4.69) is 6.92 Å². The lowest BCUT2D eigenvalue weighted by atomic mass is 9.91. The molecule has 0 bridgehead atoms. The summed E-state index contributed by atoms with van der Waals surface area (Å²) >= 11 is 0. The molecule has 0 aliphatic rings. The Labute approximate surface area is 209 Å². The Morgan fingerprint density at radius 1 is 0.714 bits per heavy atom. The molecular formula is C30H41F3O2. The van der Waals surface area contributed by atoms with Crippen LogP contribution in [0.1, 0.15) is 118 Å². The molecule has 0 heterocycles. The molecule has 35 heavy (non-hydrogen) atoms. The van der Waals surface area contributed by atoms with Crippen molar-refractivity contribution in [1.82, 2.24) is 0 Å². The first-order chi connectivity index (χ1) is 16.8. The Morgan fingerprint density at radius 3 is 1.66 bits per heavy atom. The zero-order chi connectivity index (χ0) is 25.5. The first-order valence-corrected chi connectivity index (χ1v) is 13.4. The maximum absolute atomic E-state index is 12.9. The summed E-state index contributed by atoms with van der Waals surface area (Å²) < 4.78 is 38.8. The molecule has 0 saturated carbocycles. The summed E-state index contributed by atoms with van der Waals surface area (Å²) in [6, 6.07) is 10.0. The number of hydrogen-bond donors (Lipinski definition) is 1. The molecule has 1 N–H and O–H groups in total. The van der Waals surface area contributed by atoms with Gasteiger partial charge in [0.05, 0.1) is 11.1 Å². The van der Waals surface area contributed by atoms with Crippen molar-refractivity contribution >= 4 is 5.97 Å². The Balaban J connectivity index is 1.78. The molecule has 0 fully saturated rings. The van der Waals surface area contributed by atoms with Gasteiger partial charge >= 0.3 is 12.1 Å². The van der Waals surface area contributed by atoms with Crippen LogP contribution in [0.5, 0.6) is 0 Å². The summed E-state index contributed by atoms with van der Waals surface area (Å²) in [6.45, 7) is 2.25. The van der Waals surface area contributed by atoms with Crippen LogP contribution in [0, 0.1) is 0 Å². The highest BCUT2D eigenvalue weighted by molar-refractivity contribution is 5.92. The standard InChI is InChI=1S/C30H41F3O2/c1-2-3-4-5-6-7-8-9-10-11-12-13-14-15-17-27-26(18-16-19-28(27)29(34)35)24-20-22-25(23-21-24)30(31,32)33/h16,18-23H,2-15,17H2,1H3,(H,34,35). The van der Waals surface area contributed by atoms with Crippen LogP contribution in [-0.4, -0.2) is 11.1 Å². The zero-order valence-corrected chi connectivity index (χ0v) is 21.1. The lowest BCUT2D eigenvalue weighted by Gasteiger charge is -2.14. The Kier molecular flexibility index (Phi) is 12.9. The fourth-order valence-electron chi connectivity index (χ4n) is 4.66. The number of carboxylic acids is 1. The molecule has 2 nitrogen and oxygen atoms in total. The monoisotopic (exact) mass is 490 g/mol. The molecule has 0 saturated heterocycles. The van der Waals surface area contributed by atoms with Gasteiger partial charge in [0, 0.05) is 0 Å². The van der Waals surface area contributed by atoms with Crippen LogP contribution in [0.3, 0.4) is 0 Å². The molecule has 0 amide bonds. The molecule has 0 aliphatic heterocycles. The van der Waals surface area contributed by atoms with Gasteiger partial charge in [0.15, 0.2) is 0 Å². The second-order valence-corrected chi connectivity index (χ2v) is 9.56. The van der Waals surface area contributed by atoms with E-state index in [1.807, 2.05) is 0 Å². The van der Waals surface area contributed by atoms with Crippen molar-refractivity contribution in [2.24, 2.45) is 0 Å². The van der Waals surface area contributed by atoms with Crippen LogP contribution < -0.4 is 0 Å². The number of alkyl halides is 3. The second kappa shape index (κ2) is 15.6. The molecule has 0 spiro atoms. The first kappa shape index (κ1) is 28.9. The maximum Gasteiger partial charge on any atom is 0.416 e. The van der Waals surface area contributed by atoms with Gasteiger partial charge in [0.25, 0.3) is 0 Å². The van der Waals surface area contributed by atoms with Crippen LogP contribution in [0.25, 0.3) is 11.1 Å². The van der Waals surface area contributed by atoms with E-state index in [0.29, 0.717) is 23.1 Å². The van der Waals surface area contributed by atoms with E-state index in [4.69, 9.17) is 0 Å². The van der Waals surface area contributed by atoms with E-state index in [-0.39, 0.29) is 5.56 Å². The van der Waals surface area contributed by atoms with Gasteiger partial charge in [-0.25, -0.2) is 4.79 Å². The number of carbonyl (C=O) groups is 1. The summed E-state index contributed by atoms with van der Waals surface area (Å²) in [5, 5.41) is 9.65. The Bertz CT molecular complexity index is 872. The molecule has 2 aromatic carbocycles. The second-order valence-electron chi connectivity index (χ2n) is 9.56. The van der Waals surface area contributed by atoms with Crippen LogP contribution >= 0.6 is 0 Å². The molecule has 2 rings (SSSR count). The molecule has 2 aromatic rings. The minimum Gasteiger partial charge on any atom is -0.478 e. The number of benzene rings is 2. The first-order valence-electron chi connectivity index (χ1n) is 13.4. The van der Waals surface area contributed by atoms with Crippen molar-refractivity contribution in [1.29, 1.82) is 0 Å². The van der Waals surface area contributed by atoms with E-state index in [9.17, 15) is 23.1 Å². The molecule has 0 aliphatic carbocycles. The minimum absolute atomic E-state index is 0.233. The third-order valence-corrected chi connectivity index (χ3v) is 6.71. The molecular weight excluding hydrogens is 449 g/mol. The molecule has 194 valence electrons. The number of aromatic carboxylic acids is 1. The van der Waals surface area contributed by atoms with Crippen molar-refractivity contribution in [3.63, 3.8) is 0 Å².